The second kappa shape index (κ2) is 8.82. The van der Waals surface area contributed by atoms with Crippen LogP contribution in [0.4, 0.5) is 0 Å². The molecule has 0 fully saturated rings. The van der Waals surface area contributed by atoms with Crippen LogP contribution in [-0.4, -0.2) is 27.6 Å². The van der Waals surface area contributed by atoms with Crippen LogP contribution in [0.2, 0.25) is 0 Å². The van der Waals surface area contributed by atoms with Gasteiger partial charge in [-0.3, -0.25) is 15.0 Å². The molecule has 6 nitrogen and oxygen atoms in total. The van der Waals surface area contributed by atoms with E-state index in [1.54, 1.807) is 30.0 Å². The zero-order valence-corrected chi connectivity index (χ0v) is 16.4. The van der Waals surface area contributed by atoms with Gasteiger partial charge >= 0.3 is 0 Å². The smallest absolute Gasteiger partial charge is 0.275 e. The van der Waals surface area contributed by atoms with E-state index in [-0.39, 0.29) is 0 Å². The number of hydroxylamine groups is 1. The predicted octanol–water partition coefficient (Wildman–Crippen LogP) is 3.97. The number of fused-ring (bicyclic) bond motifs is 1. The van der Waals surface area contributed by atoms with Gasteiger partial charge in [0.1, 0.15) is 0 Å². The van der Waals surface area contributed by atoms with Gasteiger partial charge in [0.15, 0.2) is 0 Å². The molecule has 0 radical (unpaired) electrons. The molecular weight excluding hydrogens is 376 g/mol. The van der Waals surface area contributed by atoms with E-state index in [9.17, 15) is 4.79 Å². The number of carbonyl (C=O) groups excluding carboxylic acids is 1. The normalized spacial score (nSPS) is 10.9. The molecule has 4 aromatic rings. The maximum atomic E-state index is 12.1. The molecule has 2 aromatic heterocycles. The Balaban J connectivity index is 1.66. The first kappa shape index (κ1) is 19.7. The molecule has 0 unspecified atom stereocenters. The van der Waals surface area contributed by atoms with Crippen LogP contribution in [0.3, 0.4) is 0 Å². The Kier molecular flexibility index (Phi) is 5.79. The summed E-state index contributed by atoms with van der Waals surface area (Å²) in [5.41, 5.74) is 13.3. The van der Waals surface area contributed by atoms with Crippen LogP contribution in [0.1, 0.15) is 22.3 Å². The highest BCUT2D eigenvalue weighted by molar-refractivity contribution is 6.06. The fraction of sp³-hybridized carbons (Fsp3) is 0.125. The van der Waals surface area contributed by atoms with E-state index in [0.29, 0.717) is 28.7 Å². The number of aromatic nitrogens is 2. The monoisotopic (exact) mass is 398 g/mol. The van der Waals surface area contributed by atoms with Crippen molar-refractivity contribution in [2.45, 2.75) is 12.8 Å². The highest BCUT2D eigenvalue weighted by atomic mass is 16.5. The Morgan fingerprint density at radius 2 is 1.63 bits per heavy atom. The van der Waals surface area contributed by atoms with Crippen LogP contribution in [0.15, 0.2) is 73.1 Å². The van der Waals surface area contributed by atoms with E-state index in [1.165, 1.54) is 5.56 Å². The number of nitrogens with zero attached hydrogens (tertiary/aromatic N) is 2. The van der Waals surface area contributed by atoms with Crippen molar-refractivity contribution in [1.29, 1.82) is 0 Å². The molecule has 6 heteroatoms. The fourth-order valence-electron chi connectivity index (χ4n) is 3.47. The van der Waals surface area contributed by atoms with Gasteiger partial charge in [0.2, 0.25) is 0 Å². The van der Waals surface area contributed by atoms with Gasteiger partial charge in [0.05, 0.1) is 16.8 Å². The van der Waals surface area contributed by atoms with Gasteiger partial charge in [-0.25, -0.2) is 10.5 Å². The number of amides is 1. The third-order valence-electron chi connectivity index (χ3n) is 5.09. The molecule has 1 amide bonds. The lowest BCUT2D eigenvalue weighted by molar-refractivity contribution is 0.0708. The lowest BCUT2D eigenvalue weighted by atomic mass is 9.99. The second-order valence-corrected chi connectivity index (χ2v) is 7.06. The number of hydrogen-bond acceptors (Lipinski definition) is 5. The van der Waals surface area contributed by atoms with Crippen LogP contribution in [0.5, 0.6) is 0 Å². The van der Waals surface area contributed by atoms with E-state index in [4.69, 9.17) is 10.9 Å². The molecule has 4 rings (SSSR count). The maximum Gasteiger partial charge on any atom is 0.275 e. The van der Waals surface area contributed by atoms with Crippen molar-refractivity contribution >= 4 is 16.8 Å². The van der Waals surface area contributed by atoms with E-state index in [2.05, 4.69) is 34.2 Å². The molecule has 0 saturated heterocycles. The van der Waals surface area contributed by atoms with Gasteiger partial charge in [-0.1, -0.05) is 48.5 Å². The van der Waals surface area contributed by atoms with Crippen molar-refractivity contribution in [3.8, 4) is 22.4 Å². The number of rotatable bonds is 6. The molecule has 0 aliphatic carbocycles. The molecule has 0 atom stereocenters. The first-order valence-corrected chi connectivity index (χ1v) is 9.78. The first-order chi connectivity index (χ1) is 14.7. The van der Waals surface area contributed by atoms with E-state index in [0.717, 1.165) is 29.5 Å². The minimum absolute atomic E-state index is 0.322. The zero-order chi connectivity index (χ0) is 20.9. The average Bonchev–Trinajstić information content (AvgIpc) is 2.82. The standard InChI is InChI=1S/C24H22N4O2/c25-12-1-2-16-3-5-17(6-4-16)18-7-9-19(10-8-18)23-14-20(24(29)28-30)21-15-26-13-11-22(21)27-23/h3-11,13-15,30H,1-2,12,25H2,(H,28,29). The van der Waals surface area contributed by atoms with Gasteiger partial charge in [0, 0.05) is 23.3 Å². The number of aryl methyl sites for hydroxylation is 1. The molecule has 150 valence electrons. The maximum absolute atomic E-state index is 12.1. The summed E-state index contributed by atoms with van der Waals surface area (Å²) in [7, 11) is 0. The zero-order valence-electron chi connectivity index (χ0n) is 16.4. The molecule has 2 heterocycles. The second-order valence-electron chi connectivity index (χ2n) is 7.06. The minimum atomic E-state index is -0.594. The molecule has 2 aromatic carbocycles. The fourth-order valence-corrected chi connectivity index (χ4v) is 3.47. The van der Waals surface area contributed by atoms with E-state index in [1.807, 2.05) is 24.3 Å². The lowest BCUT2D eigenvalue weighted by Gasteiger charge is -2.09. The summed E-state index contributed by atoms with van der Waals surface area (Å²) >= 11 is 0. The van der Waals surface area contributed by atoms with Crippen molar-refractivity contribution in [3.63, 3.8) is 0 Å². The molecule has 0 saturated carbocycles. The van der Waals surface area contributed by atoms with Crippen LogP contribution < -0.4 is 11.2 Å². The topological polar surface area (TPSA) is 101 Å². The number of carbonyl (C=O) groups is 1. The van der Waals surface area contributed by atoms with Gasteiger partial charge in [-0.15, -0.1) is 0 Å². The minimum Gasteiger partial charge on any atom is -0.330 e. The first-order valence-electron chi connectivity index (χ1n) is 9.78. The lowest BCUT2D eigenvalue weighted by Crippen LogP contribution is -2.19. The van der Waals surface area contributed by atoms with Gasteiger partial charge in [-0.05, 0) is 48.2 Å². The molecule has 0 aliphatic rings. The SMILES string of the molecule is NCCCc1ccc(-c2ccc(-c3cc(C(=O)NO)c4cnccc4n3)cc2)cc1. The number of nitrogens with two attached hydrogens (primary N) is 1. The highest BCUT2D eigenvalue weighted by Crippen LogP contribution is 2.27. The molecule has 0 bridgehead atoms. The summed E-state index contributed by atoms with van der Waals surface area (Å²) in [5.74, 6) is -0.594. The summed E-state index contributed by atoms with van der Waals surface area (Å²) in [6, 6.07) is 19.9. The van der Waals surface area contributed by atoms with Crippen molar-refractivity contribution < 1.29 is 10.0 Å². The Labute approximate surface area is 174 Å². The highest BCUT2D eigenvalue weighted by Gasteiger charge is 2.13. The summed E-state index contributed by atoms with van der Waals surface area (Å²) in [6.07, 6.45) is 5.17. The average molecular weight is 398 g/mol. The number of pyridine rings is 2. The van der Waals surface area contributed by atoms with Crippen LogP contribution in [0, 0.1) is 0 Å². The van der Waals surface area contributed by atoms with Crippen LogP contribution in [-0.2, 0) is 6.42 Å². The third kappa shape index (κ3) is 4.05. The Morgan fingerprint density at radius 1 is 0.967 bits per heavy atom. The van der Waals surface area contributed by atoms with Crippen LogP contribution in [0.25, 0.3) is 33.3 Å². The van der Waals surface area contributed by atoms with Crippen LogP contribution >= 0.6 is 0 Å². The van der Waals surface area contributed by atoms with Crippen molar-refractivity contribution in [2.24, 2.45) is 5.73 Å². The number of nitrogens with one attached hydrogen (secondary N) is 1. The quantitative estimate of drug-likeness (QED) is 0.337. The van der Waals surface area contributed by atoms with Crippen molar-refractivity contribution in [3.05, 3.63) is 84.2 Å². The molecule has 0 spiro atoms. The van der Waals surface area contributed by atoms with E-state index < -0.39 is 5.91 Å². The Bertz CT molecular complexity index is 1170. The van der Waals surface area contributed by atoms with Crippen molar-refractivity contribution in [1.82, 2.24) is 15.4 Å². The Hall–Kier alpha value is -3.61. The Morgan fingerprint density at radius 3 is 2.30 bits per heavy atom. The summed E-state index contributed by atoms with van der Waals surface area (Å²) in [5, 5.41) is 9.67. The van der Waals surface area contributed by atoms with Crippen molar-refractivity contribution in [2.75, 3.05) is 6.54 Å². The predicted molar refractivity (Wildman–Crippen MR) is 117 cm³/mol. The molecule has 30 heavy (non-hydrogen) atoms. The van der Waals surface area contributed by atoms with Gasteiger partial charge in [-0.2, -0.15) is 0 Å². The number of benzene rings is 2. The number of hydrogen-bond donors (Lipinski definition) is 3. The molecule has 4 N–H and O–H groups in total. The van der Waals surface area contributed by atoms with Gasteiger partial charge < -0.3 is 5.73 Å². The van der Waals surface area contributed by atoms with Gasteiger partial charge in [0.25, 0.3) is 5.91 Å². The summed E-state index contributed by atoms with van der Waals surface area (Å²) in [4.78, 5) is 20.8. The summed E-state index contributed by atoms with van der Waals surface area (Å²) in [6.45, 7) is 0.699. The molecule has 0 aliphatic heterocycles. The molecular formula is C24H22N4O2. The summed E-state index contributed by atoms with van der Waals surface area (Å²) < 4.78 is 0. The third-order valence-corrected chi connectivity index (χ3v) is 5.09. The van der Waals surface area contributed by atoms with E-state index >= 15 is 0 Å². The largest absolute Gasteiger partial charge is 0.330 e.